The normalized spacial score (nSPS) is 16.0. The zero-order valence-electron chi connectivity index (χ0n) is 13.9. The summed E-state index contributed by atoms with van der Waals surface area (Å²) in [5, 5.41) is 8.72. The van der Waals surface area contributed by atoms with Crippen LogP contribution in [0.1, 0.15) is 27.7 Å². The van der Waals surface area contributed by atoms with Crippen LogP contribution in [0.25, 0.3) is 11.0 Å². The monoisotopic (exact) mass is 413 g/mol. The van der Waals surface area contributed by atoms with Crippen LogP contribution in [0.15, 0.2) is 57.2 Å². The molecule has 1 atom stereocenters. The Morgan fingerprint density at radius 2 is 1.93 bits per heavy atom. The second-order valence-corrected chi connectivity index (χ2v) is 7.41. The van der Waals surface area contributed by atoms with Crippen molar-refractivity contribution < 1.29 is 13.6 Å². The quantitative estimate of drug-likeness (QED) is 0.492. The summed E-state index contributed by atoms with van der Waals surface area (Å²) in [5.74, 6) is -0.993. The molecule has 2 aromatic heterocycles. The van der Waals surface area contributed by atoms with E-state index in [1.165, 1.54) is 40.7 Å². The highest BCUT2D eigenvalue weighted by molar-refractivity contribution is 7.13. The largest absolute Gasteiger partial charge is 0.450 e. The van der Waals surface area contributed by atoms with Gasteiger partial charge in [0.1, 0.15) is 16.9 Å². The lowest BCUT2D eigenvalue weighted by atomic mass is 9.99. The molecule has 0 aliphatic carbocycles. The third-order valence-corrected chi connectivity index (χ3v) is 5.50. The third-order valence-electron chi connectivity index (χ3n) is 4.57. The predicted octanol–water partition coefficient (Wildman–Crippen LogP) is 4.19. The van der Waals surface area contributed by atoms with Crippen molar-refractivity contribution in [1.82, 2.24) is 10.2 Å². The Morgan fingerprint density at radius 3 is 2.64 bits per heavy atom. The molecule has 2 aromatic carbocycles. The fourth-order valence-corrected chi connectivity index (χ4v) is 4.13. The molecule has 0 N–H and O–H groups in total. The molecule has 0 spiro atoms. The number of aromatic nitrogens is 2. The van der Waals surface area contributed by atoms with Gasteiger partial charge in [0.15, 0.2) is 5.43 Å². The van der Waals surface area contributed by atoms with E-state index in [-0.39, 0.29) is 27.7 Å². The number of amides is 1. The molecule has 0 bridgehead atoms. The van der Waals surface area contributed by atoms with Gasteiger partial charge in [-0.1, -0.05) is 35.1 Å². The highest BCUT2D eigenvalue weighted by Crippen LogP contribution is 2.41. The van der Waals surface area contributed by atoms with Gasteiger partial charge in [-0.2, -0.15) is 0 Å². The maximum Gasteiger partial charge on any atom is 0.297 e. The number of hydrogen-bond donors (Lipinski definition) is 0. The molecule has 28 heavy (non-hydrogen) atoms. The van der Waals surface area contributed by atoms with E-state index in [1.807, 2.05) is 0 Å². The van der Waals surface area contributed by atoms with E-state index >= 15 is 0 Å². The summed E-state index contributed by atoms with van der Waals surface area (Å²) in [4.78, 5) is 27.8. The maximum atomic E-state index is 13.5. The SMILES string of the molecule is O=C1c2oc3ccc(Cl)cc3c(=O)c2C(c2ccc(F)cc2)N1c1nncs1. The lowest BCUT2D eigenvalue weighted by Gasteiger charge is -2.21. The average molecular weight is 414 g/mol. The van der Waals surface area contributed by atoms with Crippen LogP contribution >= 0.6 is 22.9 Å². The molecule has 0 radical (unpaired) electrons. The first-order valence-electron chi connectivity index (χ1n) is 8.16. The molecule has 4 aromatic rings. The van der Waals surface area contributed by atoms with Crippen LogP contribution in [0.5, 0.6) is 0 Å². The van der Waals surface area contributed by atoms with Gasteiger partial charge in [0, 0.05) is 5.02 Å². The summed E-state index contributed by atoms with van der Waals surface area (Å²) in [6.45, 7) is 0. The zero-order chi connectivity index (χ0) is 19.4. The molecule has 1 amide bonds. The first-order chi connectivity index (χ1) is 13.5. The summed E-state index contributed by atoms with van der Waals surface area (Å²) < 4.78 is 19.2. The van der Waals surface area contributed by atoms with Gasteiger partial charge in [-0.25, -0.2) is 4.39 Å². The van der Waals surface area contributed by atoms with E-state index < -0.39 is 17.8 Å². The highest BCUT2D eigenvalue weighted by atomic mass is 35.5. The second-order valence-electron chi connectivity index (χ2n) is 6.17. The summed E-state index contributed by atoms with van der Waals surface area (Å²) in [6.07, 6.45) is 0. The van der Waals surface area contributed by atoms with Crippen LogP contribution < -0.4 is 10.3 Å². The van der Waals surface area contributed by atoms with Gasteiger partial charge in [-0.3, -0.25) is 14.5 Å². The number of halogens is 2. The molecule has 5 rings (SSSR count). The first-order valence-corrected chi connectivity index (χ1v) is 9.42. The van der Waals surface area contributed by atoms with Crippen molar-refractivity contribution in [2.24, 2.45) is 0 Å². The summed E-state index contributed by atoms with van der Waals surface area (Å²) >= 11 is 7.19. The Labute approximate surface area is 165 Å². The van der Waals surface area contributed by atoms with Crippen molar-refractivity contribution in [3.05, 3.63) is 85.9 Å². The molecular formula is C19H9ClFN3O3S. The minimum Gasteiger partial charge on any atom is -0.450 e. The Kier molecular flexibility index (Phi) is 3.78. The van der Waals surface area contributed by atoms with Crippen LogP contribution in [0.3, 0.4) is 0 Å². The highest BCUT2D eigenvalue weighted by Gasteiger charge is 2.44. The summed E-state index contributed by atoms with van der Waals surface area (Å²) in [7, 11) is 0. The van der Waals surface area contributed by atoms with Gasteiger partial charge in [0.2, 0.25) is 10.9 Å². The first kappa shape index (κ1) is 17.0. The molecular weight excluding hydrogens is 405 g/mol. The van der Waals surface area contributed by atoms with Crippen molar-refractivity contribution >= 4 is 44.9 Å². The molecule has 1 aliphatic heterocycles. The minimum atomic E-state index is -0.810. The van der Waals surface area contributed by atoms with Crippen LogP contribution in [0, 0.1) is 5.82 Å². The molecule has 0 saturated heterocycles. The smallest absolute Gasteiger partial charge is 0.297 e. The van der Waals surface area contributed by atoms with E-state index in [0.29, 0.717) is 15.7 Å². The number of benzene rings is 2. The summed E-state index contributed by atoms with van der Waals surface area (Å²) in [6, 6.07) is 9.42. The van der Waals surface area contributed by atoms with Crippen LogP contribution in [0.2, 0.25) is 5.02 Å². The topological polar surface area (TPSA) is 76.3 Å². The van der Waals surface area contributed by atoms with Gasteiger partial charge >= 0.3 is 0 Å². The van der Waals surface area contributed by atoms with E-state index in [2.05, 4.69) is 10.2 Å². The number of carbonyl (C=O) groups is 1. The number of anilines is 1. The summed E-state index contributed by atoms with van der Waals surface area (Å²) in [5.41, 5.74) is 2.10. The van der Waals surface area contributed by atoms with Crippen LogP contribution in [-0.4, -0.2) is 16.1 Å². The molecule has 138 valence electrons. The van der Waals surface area contributed by atoms with Gasteiger partial charge in [0.25, 0.3) is 5.91 Å². The second kappa shape index (κ2) is 6.22. The number of carbonyl (C=O) groups excluding carboxylic acids is 1. The predicted molar refractivity (Wildman–Crippen MR) is 102 cm³/mol. The molecule has 6 nitrogen and oxygen atoms in total. The van der Waals surface area contributed by atoms with E-state index in [4.69, 9.17) is 16.0 Å². The van der Waals surface area contributed by atoms with Gasteiger partial charge < -0.3 is 4.42 Å². The molecule has 0 fully saturated rings. The van der Waals surface area contributed by atoms with Gasteiger partial charge in [-0.05, 0) is 35.9 Å². The fourth-order valence-electron chi connectivity index (χ4n) is 3.38. The van der Waals surface area contributed by atoms with Gasteiger partial charge in [0.05, 0.1) is 17.0 Å². The molecule has 1 unspecified atom stereocenters. The molecule has 3 heterocycles. The Bertz CT molecular complexity index is 1290. The van der Waals surface area contributed by atoms with Crippen LogP contribution in [0.4, 0.5) is 9.52 Å². The van der Waals surface area contributed by atoms with Crippen molar-refractivity contribution in [3.63, 3.8) is 0 Å². The average Bonchev–Trinajstić information content (AvgIpc) is 3.30. The number of hydrogen-bond acceptors (Lipinski definition) is 6. The van der Waals surface area contributed by atoms with Crippen molar-refractivity contribution in [3.8, 4) is 0 Å². The van der Waals surface area contributed by atoms with E-state index in [1.54, 1.807) is 12.1 Å². The molecule has 9 heteroatoms. The standard InChI is InChI=1S/C19H9ClFN3O3S/c20-10-3-6-13-12(7-10)16(25)14-15(9-1-4-11(21)5-2-9)24(18(26)17(14)27-13)19-23-22-8-28-19/h1-8,15H. The maximum absolute atomic E-state index is 13.5. The molecule has 1 aliphatic rings. The fraction of sp³-hybridized carbons (Fsp3) is 0.0526. The number of rotatable bonds is 2. The van der Waals surface area contributed by atoms with Crippen LogP contribution in [-0.2, 0) is 0 Å². The zero-order valence-corrected chi connectivity index (χ0v) is 15.5. The third kappa shape index (κ3) is 2.45. The number of nitrogens with zero attached hydrogens (tertiary/aromatic N) is 3. The minimum absolute atomic E-state index is 0.0654. The Hall–Kier alpha value is -3.10. The van der Waals surface area contributed by atoms with E-state index in [0.717, 1.165) is 11.3 Å². The van der Waals surface area contributed by atoms with E-state index in [9.17, 15) is 14.0 Å². The molecule has 0 saturated carbocycles. The Morgan fingerprint density at radius 1 is 1.14 bits per heavy atom. The van der Waals surface area contributed by atoms with Crippen molar-refractivity contribution in [2.45, 2.75) is 6.04 Å². The lowest BCUT2D eigenvalue weighted by Crippen LogP contribution is -2.29. The van der Waals surface area contributed by atoms with Crippen molar-refractivity contribution in [1.29, 1.82) is 0 Å². The Balaban J connectivity index is 1.83. The lowest BCUT2D eigenvalue weighted by molar-refractivity contribution is 0.0970. The number of fused-ring (bicyclic) bond motifs is 2. The van der Waals surface area contributed by atoms with Gasteiger partial charge in [-0.15, -0.1) is 10.2 Å². The van der Waals surface area contributed by atoms with Crippen molar-refractivity contribution in [2.75, 3.05) is 4.90 Å².